The lowest BCUT2D eigenvalue weighted by Crippen LogP contribution is -2.48. The first-order chi connectivity index (χ1) is 13.5. The van der Waals surface area contributed by atoms with Crippen molar-refractivity contribution in [3.63, 3.8) is 0 Å². The molecule has 2 aliphatic rings. The zero-order valence-electron chi connectivity index (χ0n) is 16.3. The van der Waals surface area contributed by atoms with Crippen molar-refractivity contribution in [1.29, 1.82) is 0 Å². The van der Waals surface area contributed by atoms with Gasteiger partial charge in [0.25, 0.3) is 0 Å². The molecule has 2 amide bonds. The summed E-state index contributed by atoms with van der Waals surface area (Å²) in [5.41, 5.74) is 1.54. The van der Waals surface area contributed by atoms with Crippen molar-refractivity contribution < 1.29 is 24.2 Å². The highest BCUT2D eigenvalue weighted by Crippen LogP contribution is 2.34. The van der Waals surface area contributed by atoms with E-state index in [-0.39, 0.29) is 11.8 Å². The Morgan fingerprint density at radius 1 is 1.29 bits per heavy atom. The summed E-state index contributed by atoms with van der Waals surface area (Å²) in [5.74, 6) is -0.201. The number of piperidine rings is 1. The molecule has 8 heteroatoms. The van der Waals surface area contributed by atoms with Gasteiger partial charge >= 0.3 is 12.0 Å². The van der Waals surface area contributed by atoms with Crippen molar-refractivity contribution in [2.75, 3.05) is 33.4 Å². The quantitative estimate of drug-likeness (QED) is 0.644. The summed E-state index contributed by atoms with van der Waals surface area (Å²) in [6.45, 7) is 4.54. The van der Waals surface area contributed by atoms with Crippen LogP contribution in [-0.4, -0.2) is 55.4 Å². The van der Waals surface area contributed by atoms with Gasteiger partial charge in [0.15, 0.2) is 11.5 Å². The molecule has 0 aromatic heterocycles. The number of rotatable bonds is 6. The molecule has 1 saturated heterocycles. The van der Waals surface area contributed by atoms with Crippen molar-refractivity contribution in [2.45, 2.75) is 32.2 Å². The molecule has 1 fully saturated rings. The molecule has 152 valence electrons. The van der Waals surface area contributed by atoms with Crippen LogP contribution in [0, 0.1) is 0 Å². The number of hydrogen-bond donors (Lipinski definition) is 3. The van der Waals surface area contributed by atoms with Crippen LogP contribution in [0.2, 0.25) is 0 Å². The second-order valence-electron chi connectivity index (χ2n) is 6.91. The Hall–Kier alpha value is -2.74. The Labute approximate surface area is 164 Å². The van der Waals surface area contributed by atoms with Crippen LogP contribution in [0.4, 0.5) is 4.79 Å². The van der Waals surface area contributed by atoms with Crippen LogP contribution in [-0.2, 0) is 9.53 Å². The standard InChI is InChI=1S/C20H27N3O5/c1-3-28-16-11-13(7-8-15(16)24)18-17(19(25)27-2)14(21-20(26)22-18)12-23-9-5-4-6-10-23/h7-8,11,18,24H,3-6,9-10,12H2,1-2H3,(H2,21,22,26). The van der Waals surface area contributed by atoms with E-state index in [0.29, 0.717) is 35.7 Å². The van der Waals surface area contributed by atoms with E-state index in [0.717, 1.165) is 25.9 Å². The van der Waals surface area contributed by atoms with Crippen molar-refractivity contribution >= 4 is 12.0 Å². The average molecular weight is 389 g/mol. The number of esters is 1. The highest BCUT2D eigenvalue weighted by Gasteiger charge is 2.34. The van der Waals surface area contributed by atoms with Crippen molar-refractivity contribution in [1.82, 2.24) is 15.5 Å². The molecule has 1 atom stereocenters. The summed E-state index contributed by atoms with van der Waals surface area (Å²) >= 11 is 0. The Kier molecular flexibility index (Phi) is 6.41. The second kappa shape index (κ2) is 8.97. The lowest BCUT2D eigenvalue weighted by Gasteiger charge is -2.33. The number of carbonyl (C=O) groups excluding carboxylic acids is 2. The molecule has 0 aliphatic carbocycles. The molecular formula is C20H27N3O5. The summed E-state index contributed by atoms with van der Waals surface area (Å²) in [6.07, 6.45) is 3.40. The summed E-state index contributed by atoms with van der Waals surface area (Å²) in [6, 6.07) is 3.72. The third-order valence-corrected chi connectivity index (χ3v) is 5.01. The van der Waals surface area contributed by atoms with Gasteiger partial charge in [-0.05, 0) is 50.6 Å². The lowest BCUT2D eigenvalue weighted by atomic mass is 9.94. The fourth-order valence-corrected chi connectivity index (χ4v) is 3.67. The highest BCUT2D eigenvalue weighted by atomic mass is 16.5. The zero-order valence-corrected chi connectivity index (χ0v) is 16.3. The number of phenolic OH excluding ortho intramolecular Hbond substituents is 1. The number of hydrogen-bond acceptors (Lipinski definition) is 6. The number of likely N-dealkylation sites (tertiary alicyclic amines) is 1. The van der Waals surface area contributed by atoms with E-state index in [2.05, 4.69) is 15.5 Å². The van der Waals surface area contributed by atoms with Gasteiger partial charge in [-0.1, -0.05) is 12.5 Å². The summed E-state index contributed by atoms with van der Waals surface area (Å²) in [7, 11) is 1.32. The largest absolute Gasteiger partial charge is 0.504 e. The molecule has 0 bridgehead atoms. The summed E-state index contributed by atoms with van der Waals surface area (Å²) in [4.78, 5) is 27.2. The van der Waals surface area contributed by atoms with Gasteiger partial charge in [0.05, 0.1) is 25.3 Å². The van der Waals surface area contributed by atoms with Crippen LogP contribution in [0.3, 0.4) is 0 Å². The number of methoxy groups -OCH3 is 1. The van der Waals surface area contributed by atoms with Crippen LogP contribution in [0.25, 0.3) is 0 Å². The monoisotopic (exact) mass is 389 g/mol. The van der Waals surface area contributed by atoms with Gasteiger partial charge in [0.2, 0.25) is 0 Å². The van der Waals surface area contributed by atoms with Gasteiger partial charge < -0.3 is 25.2 Å². The number of urea groups is 1. The van der Waals surface area contributed by atoms with E-state index in [4.69, 9.17) is 9.47 Å². The fraction of sp³-hybridized carbons (Fsp3) is 0.500. The molecule has 1 unspecified atom stereocenters. The highest BCUT2D eigenvalue weighted by molar-refractivity contribution is 5.95. The van der Waals surface area contributed by atoms with Gasteiger partial charge in [-0.15, -0.1) is 0 Å². The number of nitrogens with zero attached hydrogens (tertiary/aromatic N) is 1. The van der Waals surface area contributed by atoms with Crippen LogP contribution >= 0.6 is 0 Å². The number of phenols is 1. The van der Waals surface area contributed by atoms with Crippen LogP contribution in [0.1, 0.15) is 37.8 Å². The van der Waals surface area contributed by atoms with E-state index >= 15 is 0 Å². The van der Waals surface area contributed by atoms with E-state index < -0.39 is 12.0 Å². The maximum atomic E-state index is 12.6. The maximum Gasteiger partial charge on any atom is 0.338 e. The molecule has 0 radical (unpaired) electrons. The number of carbonyl (C=O) groups is 2. The second-order valence-corrected chi connectivity index (χ2v) is 6.91. The molecular weight excluding hydrogens is 362 g/mol. The maximum absolute atomic E-state index is 12.6. The Morgan fingerprint density at radius 2 is 2.04 bits per heavy atom. The number of amides is 2. The Bertz CT molecular complexity index is 771. The van der Waals surface area contributed by atoms with E-state index in [1.807, 2.05) is 6.92 Å². The SMILES string of the molecule is CCOc1cc(C2NC(=O)NC(CN3CCCCC3)=C2C(=O)OC)ccc1O. The molecule has 1 aromatic carbocycles. The van der Waals surface area contributed by atoms with E-state index in [1.165, 1.54) is 19.6 Å². The first-order valence-electron chi connectivity index (χ1n) is 9.60. The lowest BCUT2D eigenvalue weighted by molar-refractivity contribution is -0.136. The van der Waals surface area contributed by atoms with Crippen molar-refractivity contribution in [3.05, 3.63) is 35.0 Å². The predicted molar refractivity (Wildman–Crippen MR) is 103 cm³/mol. The summed E-state index contributed by atoms with van der Waals surface area (Å²) in [5, 5.41) is 15.5. The van der Waals surface area contributed by atoms with E-state index in [1.54, 1.807) is 12.1 Å². The molecule has 28 heavy (non-hydrogen) atoms. The van der Waals surface area contributed by atoms with Gasteiger partial charge in [0, 0.05) is 12.2 Å². The predicted octanol–water partition coefficient (Wildman–Crippen LogP) is 2.06. The molecule has 2 aliphatic heterocycles. The fourth-order valence-electron chi connectivity index (χ4n) is 3.67. The van der Waals surface area contributed by atoms with Crippen LogP contribution in [0.15, 0.2) is 29.5 Å². The minimum atomic E-state index is -0.694. The Balaban J connectivity index is 1.99. The van der Waals surface area contributed by atoms with Crippen molar-refractivity contribution in [2.24, 2.45) is 0 Å². The first-order valence-corrected chi connectivity index (χ1v) is 9.60. The van der Waals surface area contributed by atoms with Crippen molar-refractivity contribution in [3.8, 4) is 11.5 Å². The third-order valence-electron chi connectivity index (χ3n) is 5.01. The molecule has 3 rings (SSSR count). The molecule has 0 spiro atoms. The van der Waals surface area contributed by atoms with E-state index in [9.17, 15) is 14.7 Å². The molecule has 2 heterocycles. The van der Waals surface area contributed by atoms with Gasteiger partial charge in [-0.2, -0.15) is 0 Å². The van der Waals surface area contributed by atoms with Gasteiger partial charge in [-0.3, -0.25) is 4.90 Å². The molecule has 1 aromatic rings. The number of benzene rings is 1. The number of aromatic hydroxyl groups is 1. The number of nitrogens with one attached hydrogen (secondary N) is 2. The molecule has 3 N–H and O–H groups in total. The third kappa shape index (κ3) is 4.39. The van der Waals surface area contributed by atoms with Crippen LogP contribution < -0.4 is 15.4 Å². The van der Waals surface area contributed by atoms with Crippen LogP contribution in [0.5, 0.6) is 11.5 Å². The summed E-state index contributed by atoms with van der Waals surface area (Å²) < 4.78 is 10.5. The molecule has 0 saturated carbocycles. The normalized spacial score (nSPS) is 20.4. The van der Waals surface area contributed by atoms with Gasteiger partial charge in [0.1, 0.15) is 0 Å². The first kappa shape index (κ1) is 20.0. The molecule has 8 nitrogen and oxygen atoms in total. The zero-order chi connectivity index (χ0) is 20.1. The smallest absolute Gasteiger partial charge is 0.338 e. The Morgan fingerprint density at radius 3 is 2.71 bits per heavy atom. The topological polar surface area (TPSA) is 100 Å². The minimum Gasteiger partial charge on any atom is -0.504 e. The average Bonchev–Trinajstić information content (AvgIpc) is 2.69. The minimum absolute atomic E-state index is 0.00278. The number of ether oxygens (including phenoxy) is 2. The van der Waals surface area contributed by atoms with Gasteiger partial charge in [-0.25, -0.2) is 9.59 Å².